The summed E-state index contributed by atoms with van der Waals surface area (Å²) in [5, 5.41) is 30.4. The van der Waals surface area contributed by atoms with Gasteiger partial charge in [0.2, 0.25) is 29.7 Å². The van der Waals surface area contributed by atoms with Crippen LogP contribution in [0.2, 0.25) is 5.02 Å². The number of benzene rings is 6. The summed E-state index contributed by atoms with van der Waals surface area (Å²) in [7, 11) is 3.76. The van der Waals surface area contributed by atoms with Gasteiger partial charge in [0.25, 0.3) is 5.91 Å². The molecule has 0 atom stereocenters. The first-order chi connectivity index (χ1) is 52.0. The van der Waals surface area contributed by atoms with Crippen LogP contribution in [-0.4, -0.2) is 114 Å². The van der Waals surface area contributed by atoms with E-state index < -0.39 is 17.5 Å². The van der Waals surface area contributed by atoms with Crippen molar-refractivity contribution in [2.45, 2.75) is 26.0 Å². The number of methoxy groups -OCH3 is 1. The van der Waals surface area contributed by atoms with Crippen molar-refractivity contribution in [3.63, 3.8) is 0 Å². The van der Waals surface area contributed by atoms with Gasteiger partial charge < -0.3 is 71.7 Å². The standard InChI is InChI=1S/C26H26FN7O3.C26H29FN6O2.C25H20ClFN6O2/c1-18(17-34-12-4-11-29-34)25(35)31-21-6-3-5-20(15-21)30-24-23(27)16-28-26(33-24)32-19-7-9-22(10-8-19)37-14-13-36-2;1-3-24(34)29-19-6-4-7-20(14-19)30-25-23(27)16-28-26(32-25)31-21-8-5-9-22(15-21)35-17-18-10-12-33(2)13-11-18;1-2-23(34)30-16-7-5-8-17(12-16)31-24-21(27)14-29-25(33-24)32-18-9-10-22(20(26)13-18)35-15-19-6-3-4-11-28-19/h3-12,15-16H,1,13-14,17H2,2H3,(H,31,35)(H2,28,30,32,33);3-9,14-16,18H,1,10-13,17H2,2H3,(H,29,34)(H2,28,30,31,32);2-14H,1,15H2,(H,30,34)(H2,29,31,32,33). The van der Waals surface area contributed by atoms with Gasteiger partial charge >= 0.3 is 0 Å². The van der Waals surface area contributed by atoms with E-state index in [0.717, 1.165) is 67.7 Å². The lowest BCUT2D eigenvalue weighted by molar-refractivity contribution is -0.113. The number of anilines is 15. The second-order valence-electron chi connectivity index (χ2n) is 23.5. The molecule has 1 saturated heterocycles. The third kappa shape index (κ3) is 24.5. The highest BCUT2D eigenvalue weighted by molar-refractivity contribution is 6.32. The van der Waals surface area contributed by atoms with Gasteiger partial charge in [-0.2, -0.15) is 20.1 Å². The summed E-state index contributed by atoms with van der Waals surface area (Å²) in [5.74, 6) is 0.119. The number of likely N-dealkylation sites (tertiary alicyclic amines) is 1. The molecule has 1 aliphatic heterocycles. The fraction of sp³-hybridized carbons (Fsp3) is 0.156. The molecule has 107 heavy (non-hydrogen) atoms. The average molecular weight is 1470 g/mol. The third-order valence-corrected chi connectivity index (χ3v) is 15.7. The van der Waals surface area contributed by atoms with Crippen LogP contribution in [-0.2, 0) is 32.3 Å². The second-order valence-corrected chi connectivity index (χ2v) is 23.9. The fourth-order valence-electron chi connectivity index (χ4n) is 9.95. The highest BCUT2D eigenvalue weighted by Gasteiger charge is 2.19. The Morgan fingerprint density at radius 2 is 1.04 bits per heavy atom. The Balaban J connectivity index is 0.000000172. The van der Waals surface area contributed by atoms with Gasteiger partial charge in [0.1, 0.15) is 30.5 Å². The number of carbonyl (C=O) groups is 3. The summed E-state index contributed by atoms with van der Waals surface area (Å²) in [4.78, 5) is 66.8. The van der Waals surface area contributed by atoms with Gasteiger partial charge in [0.05, 0.1) is 49.1 Å². The van der Waals surface area contributed by atoms with E-state index in [1.165, 1.54) is 6.08 Å². The molecule has 0 aliphatic carbocycles. The highest BCUT2D eigenvalue weighted by atomic mass is 35.5. The first-order valence-corrected chi connectivity index (χ1v) is 33.6. The number of ether oxygens (including phenoxy) is 4. The Kier molecular flexibility index (Phi) is 27.7. The van der Waals surface area contributed by atoms with Gasteiger partial charge in [-0.25, -0.2) is 28.1 Å². The summed E-state index contributed by atoms with van der Waals surface area (Å²) in [6.45, 7) is 15.0. The minimum absolute atomic E-state index is 0.00404. The lowest BCUT2D eigenvalue weighted by atomic mass is 9.98. The van der Waals surface area contributed by atoms with Crippen LogP contribution in [0.25, 0.3) is 0 Å². The number of halogens is 4. The smallest absolute Gasteiger partial charge is 0.252 e. The molecule has 3 amide bonds. The van der Waals surface area contributed by atoms with Crippen LogP contribution < -0.4 is 62.1 Å². The topological polar surface area (TPSA) is 308 Å². The van der Waals surface area contributed by atoms with Crippen molar-refractivity contribution >= 4 is 116 Å². The van der Waals surface area contributed by atoms with Crippen LogP contribution in [0.3, 0.4) is 0 Å². The van der Waals surface area contributed by atoms with Crippen molar-refractivity contribution < 1.29 is 46.5 Å². The number of amides is 3. The molecule has 30 heteroatoms. The molecule has 9 N–H and O–H groups in total. The number of piperidine rings is 1. The SMILES string of the molecule is C=C(Cn1cccn1)C(=O)Nc1cccc(Nc2nc(Nc3ccc(OCCOC)cc3)ncc2F)c1.C=CC(=O)Nc1cccc(Nc2nc(Nc3ccc(OCc4ccccn4)c(Cl)c3)ncc2F)c1.C=CC(=O)Nc1cccc(Nc2nc(Nc3cccc(OCC4CCN(C)CC4)c3)ncc2F)c1. The predicted octanol–water partition coefficient (Wildman–Crippen LogP) is 15.3. The third-order valence-electron chi connectivity index (χ3n) is 15.4. The Hall–Kier alpha value is -13.3. The van der Waals surface area contributed by atoms with Crippen molar-refractivity contribution in [3.05, 3.63) is 267 Å². The summed E-state index contributed by atoms with van der Waals surface area (Å²) < 4.78 is 67.1. The summed E-state index contributed by atoms with van der Waals surface area (Å²) in [6, 6.07) is 47.6. The van der Waals surface area contributed by atoms with Gasteiger partial charge in [-0.05, 0) is 178 Å². The van der Waals surface area contributed by atoms with Gasteiger partial charge in [-0.3, -0.25) is 24.0 Å². The molecule has 26 nitrogen and oxygen atoms in total. The van der Waals surface area contributed by atoms with E-state index in [4.69, 9.17) is 30.5 Å². The molecule has 0 bridgehead atoms. The number of hydrogen-bond acceptors (Lipinski definition) is 22. The fourth-order valence-corrected chi connectivity index (χ4v) is 10.2. The minimum atomic E-state index is -0.646. The largest absolute Gasteiger partial charge is 0.493 e. The molecule has 6 heterocycles. The summed E-state index contributed by atoms with van der Waals surface area (Å²) in [6.07, 6.45) is 12.9. The number of carbonyl (C=O) groups excluding carboxylic acids is 3. The Morgan fingerprint density at radius 1 is 0.533 bits per heavy atom. The first kappa shape index (κ1) is 76.4. The molecule has 0 radical (unpaired) electrons. The van der Waals surface area contributed by atoms with Gasteiger partial charge in [-0.15, -0.1) is 0 Å². The zero-order chi connectivity index (χ0) is 75.3. The van der Waals surface area contributed by atoms with E-state index in [-0.39, 0.29) is 66.2 Å². The van der Waals surface area contributed by atoms with Crippen LogP contribution in [0.15, 0.2) is 238 Å². The number of pyridine rings is 1. The van der Waals surface area contributed by atoms with E-state index in [1.54, 1.807) is 152 Å². The van der Waals surface area contributed by atoms with Gasteiger partial charge in [0.15, 0.2) is 34.9 Å². The quantitative estimate of drug-likeness (QED) is 0.0149. The normalized spacial score (nSPS) is 11.7. The number of nitrogens with zero attached hydrogens (tertiary/aromatic N) is 10. The summed E-state index contributed by atoms with van der Waals surface area (Å²) >= 11 is 6.35. The van der Waals surface area contributed by atoms with Crippen molar-refractivity contribution in [2.75, 3.05) is 94.9 Å². The van der Waals surface area contributed by atoms with Crippen molar-refractivity contribution in [1.29, 1.82) is 0 Å². The van der Waals surface area contributed by atoms with E-state index in [2.05, 4.69) is 120 Å². The number of rotatable bonds is 30. The van der Waals surface area contributed by atoms with Crippen molar-refractivity contribution in [3.8, 4) is 17.2 Å². The molecule has 12 rings (SSSR count). The zero-order valence-electron chi connectivity index (χ0n) is 58.1. The van der Waals surface area contributed by atoms with E-state index >= 15 is 0 Å². The van der Waals surface area contributed by atoms with Crippen LogP contribution in [0.5, 0.6) is 17.2 Å². The maximum atomic E-state index is 14.5. The Morgan fingerprint density at radius 3 is 1.54 bits per heavy atom. The monoisotopic (exact) mass is 1470 g/mol. The molecule has 5 aromatic heterocycles. The van der Waals surface area contributed by atoms with E-state index in [1.807, 2.05) is 42.5 Å². The molecule has 1 aliphatic rings. The lowest BCUT2D eigenvalue weighted by Crippen LogP contribution is -2.32. The summed E-state index contributed by atoms with van der Waals surface area (Å²) in [5.41, 5.74) is 6.33. The van der Waals surface area contributed by atoms with Crippen LogP contribution in [0.4, 0.5) is 99.7 Å². The Bertz CT molecular complexity index is 4830. The van der Waals surface area contributed by atoms with E-state index in [0.29, 0.717) is 93.3 Å². The lowest BCUT2D eigenvalue weighted by Gasteiger charge is -2.28. The molecular formula is C77H75ClF3N19O7. The average Bonchev–Trinajstić information content (AvgIpc) is 1.03. The molecule has 0 unspecified atom stereocenters. The predicted molar refractivity (Wildman–Crippen MR) is 409 cm³/mol. The maximum Gasteiger partial charge on any atom is 0.252 e. The number of hydrogen-bond donors (Lipinski definition) is 9. The molecule has 1 fully saturated rings. The molecule has 0 spiro atoms. The molecular weight excluding hydrogens is 1400 g/mol. The van der Waals surface area contributed by atoms with Gasteiger partial charge in [0, 0.05) is 88.5 Å². The maximum absolute atomic E-state index is 14.5. The van der Waals surface area contributed by atoms with Gasteiger partial charge in [-0.1, -0.05) is 61.7 Å². The molecule has 548 valence electrons. The van der Waals surface area contributed by atoms with Crippen LogP contribution in [0, 0.1) is 23.4 Å². The first-order valence-electron chi connectivity index (χ1n) is 33.3. The number of nitrogens with one attached hydrogen (secondary N) is 9. The second kappa shape index (κ2) is 38.9. The van der Waals surface area contributed by atoms with E-state index in [9.17, 15) is 27.6 Å². The minimum Gasteiger partial charge on any atom is -0.493 e. The Labute approximate surface area is 619 Å². The van der Waals surface area contributed by atoms with Crippen LogP contribution in [0.1, 0.15) is 18.5 Å². The molecule has 0 saturated carbocycles. The molecule has 11 aromatic rings. The van der Waals surface area contributed by atoms with Crippen molar-refractivity contribution in [2.24, 2.45) is 5.92 Å². The molecule has 6 aromatic carbocycles. The number of aromatic nitrogens is 9. The van der Waals surface area contributed by atoms with Crippen molar-refractivity contribution in [1.82, 2.24) is 49.6 Å². The highest BCUT2D eigenvalue weighted by Crippen LogP contribution is 2.32. The zero-order valence-corrected chi connectivity index (χ0v) is 58.9. The van der Waals surface area contributed by atoms with Crippen LogP contribution >= 0.6 is 11.6 Å².